The maximum absolute atomic E-state index is 13.1. The van der Waals surface area contributed by atoms with Gasteiger partial charge in [-0.2, -0.15) is 4.31 Å². The highest BCUT2D eigenvalue weighted by atomic mass is 32.2. The molecule has 0 amide bonds. The number of hydrogen-bond donors (Lipinski definition) is 1. The first-order chi connectivity index (χ1) is 14.1. The minimum atomic E-state index is -3.42. The summed E-state index contributed by atoms with van der Waals surface area (Å²) in [6.07, 6.45) is 9.66. The van der Waals surface area contributed by atoms with E-state index in [0.29, 0.717) is 18.0 Å². The van der Waals surface area contributed by atoms with Crippen molar-refractivity contribution in [2.45, 2.75) is 76.3 Å². The Hall–Kier alpha value is -1.44. The summed E-state index contributed by atoms with van der Waals surface area (Å²) >= 11 is 0. The van der Waals surface area contributed by atoms with E-state index in [0.717, 1.165) is 49.2 Å². The SMILES string of the molecule is CCn1c(C[NH+]2CCCCCCC2)nc2cc(S(=O)(=O)N3CCCCC3)ccc21. The van der Waals surface area contributed by atoms with Crippen molar-refractivity contribution in [1.82, 2.24) is 13.9 Å². The van der Waals surface area contributed by atoms with Gasteiger partial charge in [-0.05, 0) is 63.6 Å². The van der Waals surface area contributed by atoms with E-state index in [1.165, 1.54) is 45.2 Å². The Balaban J connectivity index is 1.61. The summed E-state index contributed by atoms with van der Waals surface area (Å²) in [5.41, 5.74) is 1.86. The highest BCUT2D eigenvalue weighted by Crippen LogP contribution is 2.25. The molecule has 0 atom stereocenters. The van der Waals surface area contributed by atoms with Crippen LogP contribution in [0, 0.1) is 0 Å². The molecule has 29 heavy (non-hydrogen) atoms. The molecule has 7 heteroatoms. The van der Waals surface area contributed by atoms with E-state index in [-0.39, 0.29) is 0 Å². The van der Waals surface area contributed by atoms with Gasteiger partial charge in [0.2, 0.25) is 10.0 Å². The summed E-state index contributed by atoms with van der Waals surface area (Å²) < 4.78 is 30.0. The van der Waals surface area contributed by atoms with Gasteiger partial charge in [0, 0.05) is 19.6 Å². The van der Waals surface area contributed by atoms with E-state index in [9.17, 15) is 8.42 Å². The van der Waals surface area contributed by atoms with Crippen LogP contribution in [-0.4, -0.2) is 48.5 Å². The first-order valence-electron chi connectivity index (χ1n) is 11.4. The van der Waals surface area contributed by atoms with Crippen molar-refractivity contribution in [3.8, 4) is 0 Å². The molecule has 1 aromatic carbocycles. The Morgan fingerprint density at radius 1 is 0.966 bits per heavy atom. The average molecular weight is 420 g/mol. The fourth-order valence-corrected chi connectivity index (χ4v) is 6.41. The van der Waals surface area contributed by atoms with Crippen molar-refractivity contribution < 1.29 is 13.3 Å². The number of likely N-dealkylation sites (tertiary alicyclic amines) is 1. The number of fused-ring (bicyclic) bond motifs is 1. The predicted molar refractivity (Wildman–Crippen MR) is 116 cm³/mol. The Kier molecular flexibility index (Phi) is 6.56. The molecule has 2 saturated heterocycles. The molecule has 160 valence electrons. The van der Waals surface area contributed by atoms with Crippen LogP contribution in [0.2, 0.25) is 0 Å². The van der Waals surface area contributed by atoms with Crippen LogP contribution in [0.1, 0.15) is 64.1 Å². The van der Waals surface area contributed by atoms with Crippen LogP contribution in [0.3, 0.4) is 0 Å². The van der Waals surface area contributed by atoms with Gasteiger partial charge < -0.3 is 9.47 Å². The topological polar surface area (TPSA) is 59.6 Å². The fourth-order valence-electron chi connectivity index (χ4n) is 4.87. The second-order valence-corrected chi connectivity index (χ2v) is 10.5. The van der Waals surface area contributed by atoms with Crippen LogP contribution in [0.4, 0.5) is 0 Å². The number of benzene rings is 1. The molecule has 2 aliphatic heterocycles. The van der Waals surface area contributed by atoms with E-state index < -0.39 is 10.0 Å². The Morgan fingerprint density at radius 2 is 1.62 bits per heavy atom. The number of piperidine rings is 1. The van der Waals surface area contributed by atoms with E-state index in [4.69, 9.17) is 4.98 Å². The van der Waals surface area contributed by atoms with Crippen molar-refractivity contribution in [1.29, 1.82) is 0 Å². The molecule has 1 aromatic heterocycles. The van der Waals surface area contributed by atoms with Gasteiger partial charge in [0.1, 0.15) is 6.54 Å². The molecule has 0 bridgehead atoms. The number of imidazole rings is 1. The zero-order valence-corrected chi connectivity index (χ0v) is 18.5. The lowest BCUT2D eigenvalue weighted by atomic mass is 10.1. The molecular weight excluding hydrogens is 384 g/mol. The molecule has 3 heterocycles. The van der Waals surface area contributed by atoms with Crippen molar-refractivity contribution in [2.75, 3.05) is 26.2 Å². The molecule has 2 aliphatic rings. The molecule has 0 aliphatic carbocycles. The van der Waals surface area contributed by atoms with E-state index in [1.54, 1.807) is 21.3 Å². The number of aromatic nitrogens is 2. The number of nitrogens with zero attached hydrogens (tertiary/aromatic N) is 3. The lowest BCUT2D eigenvalue weighted by Crippen LogP contribution is -3.11. The maximum atomic E-state index is 13.1. The molecule has 0 spiro atoms. The molecule has 1 N–H and O–H groups in total. The summed E-state index contributed by atoms with van der Waals surface area (Å²) in [6.45, 7) is 7.61. The summed E-state index contributed by atoms with van der Waals surface area (Å²) in [4.78, 5) is 6.90. The highest BCUT2D eigenvalue weighted by Gasteiger charge is 2.27. The van der Waals surface area contributed by atoms with Crippen LogP contribution in [0.5, 0.6) is 0 Å². The molecule has 2 aromatic rings. The summed E-state index contributed by atoms with van der Waals surface area (Å²) in [7, 11) is -3.42. The highest BCUT2D eigenvalue weighted by molar-refractivity contribution is 7.89. The van der Waals surface area contributed by atoms with E-state index in [1.807, 2.05) is 6.07 Å². The van der Waals surface area contributed by atoms with Gasteiger partial charge in [0.15, 0.2) is 5.82 Å². The van der Waals surface area contributed by atoms with Gasteiger partial charge in [-0.25, -0.2) is 13.4 Å². The number of rotatable bonds is 5. The third-order valence-corrected chi connectivity index (χ3v) is 8.43. The zero-order chi connectivity index (χ0) is 20.3. The molecule has 0 saturated carbocycles. The second-order valence-electron chi connectivity index (χ2n) is 8.58. The molecule has 0 unspecified atom stereocenters. The normalized spacial score (nSPS) is 20.6. The van der Waals surface area contributed by atoms with E-state index in [2.05, 4.69) is 11.5 Å². The summed E-state index contributed by atoms with van der Waals surface area (Å²) in [5.74, 6) is 1.09. The number of aryl methyl sites for hydroxylation is 1. The minimum Gasteiger partial charge on any atom is -0.329 e. The number of hydrogen-bond acceptors (Lipinski definition) is 3. The Labute approximate surface area is 174 Å². The maximum Gasteiger partial charge on any atom is 0.243 e. The molecule has 4 rings (SSSR count). The van der Waals surface area contributed by atoms with Gasteiger partial charge in [-0.15, -0.1) is 0 Å². The molecule has 6 nitrogen and oxygen atoms in total. The first-order valence-corrected chi connectivity index (χ1v) is 12.9. The van der Waals surface area contributed by atoms with Crippen molar-refractivity contribution in [3.63, 3.8) is 0 Å². The number of sulfonamides is 1. The van der Waals surface area contributed by atoms with Crippen LogP contribution in [0.15, 0.2) is 23.1 Å². The van der Waals surface area contributed by atoms with Gasteiger partial charge in [-0.3, -0.25) is 0 Å². The lowest BCUT2D eigenvalue weighted by molar-refractivity contribution is -0.915. The largest absolute Gasteiger partial charge is 0.329 e. The number of nitrogens with one attached hydrogen (secondary N) is 1. The third kappa shape index (κ3) is 4.52. The number of quaternary nitrogens is 1. The van der Waals surface area contributed by atoms with E-state index >= 15 is 0 Å². The van der Waals surface area contributed by atoms with Crippen molar-refractivity contribution in [2.24, 2.45) is 0 Å². The standard InChI is InChI=1S/C22H34N4O2S/c1-2-26-21-12-11-19(29(27,28)25-15-9-6-10-16-25)17-20(21)23-22(26)18-24-13-7-4-3-5-8-14-24/h11-12,17H,2-10,13-16,18H2,1H3/p+1. The fraction of sp³-hybridized carbons (Fsp3) is 0.682. The molecule has 0 radical (unpaired) electrons. The van der Waals surface area contributed by atoms with Gasteiger partial charge in [0.05, 0.1) is 29.0 Å². The predicted octanol–water partition coefficient (Wildman–Crippen LogP) is 2.58. The van der Waals surface area contributed by atoms with Crippen molar-refractivity contribution in [3.05, 3.63) is 24.0 Å². The van der Waals surface area contributed by atoms with Crippen LogP contribution >= 0.6 is 0 Å². The Morgan fingerprint density at radius 3 is 2.31 bits per heavy atom. The third-order valence-electron chi connectivity index (χ3n) is 6.54. The lowest BCUT2D eigenvalue weighted by Gasteiger charge is -2.25. The van der Waals surface area contributed by atoms with Gasteiger partial charge in [0.25, 0.3) is 0 Å². The van der Waals surface area contributed by atoms with Crippen LogP contribution in [-0.2, 0) is 23.1 Å². The van der Waals surface area contributed by atoms with Gasteiger partial charge >= 0.3 is 0 Å². The first kappa shape index (κ1) is 20.8. The zero-order valence-electron chi connectivity index (χ0n) is 17.7. The second kappa shape index (κ2) is 9.14. The summed E-state index contributed by atoms with van der Waals surface area (Å²) in [6, 6.07) is 5.51. The monoisotopic (exact) mass is 419 g/mol. The summed E-state index contributed by atoms with van der Waals surface area (Å²) in [5, 5.41) is 0. The quantitative estimate of drug-likeness (QED) is 0.810. The smallest absolute Gasteiger partial charge is 0.243 e. The van der Waals surface area contributed by atoms with Crippen molar-refractivity contribution >= 4 is 21.1 Å². The van der Waals surface area contributed by atoms with Crippen LogP contribution < -0.4 is 4.90 Å². The average Bonchev–Trinajstić information content (AvgIpc) is 3.06. The Bertz CT molecular complexity index is 924. The minimum absolute atomic E-state index is 0.387. The molecular formula is C22H35N4O2S+. The van der Waals surface area contributed by atoms with Crippen LogP contribution in [0.25, 0.3) is 11.0 Å². The molecule has 2 fully saturated rings. The van der Waals surface area contributed by atoms with Gasteiger partial charge in [-0.1, -0.05) is 12.8 Å².